The lowest BCUT2D eigenvalue weighted by Gasteiger charge is -2.27. The van der Waals surface area contributed by atoms with Crippen molar-refractivity contribution in [2.45, 2.75) is 19.4 Å². The minimum atomic E-state index is -0.571. The molecule has 0 spiro atoms. The molecule has 1 aromatic carbocycles. The fourth-order valence-electron chi connectivity index (χ4n) is 1.61. The minimum absolute atomic E-state index is 0.178. The van der Waals surface area contributed by atoms with Crippen LogP contribution in [0.4, 0.5) is 4.39 Å². The fourth-order valence-corrected chi connectivity index (χ4v) is 1.61. The van der Waals surface area contributed by atoms with Crippen molar-refractivity contribution >= 4 is 0 Å². The van der Waals surface area contributed by atoms with Gasteiger partial charge in [0.15, 0.2) is 17.3 Å². The first-order chi connectivity index (χ1) is 7.00. The van der Waals surface area contributed by atoms with Crippen molar-refractivity contribution in [3.05, 3.63) is 23.5 Å². The summed E-state index contributed by atoms with van der Waals surface area (Å²) in [5, 5.41) is 0. The van der Waals surface area contributed by atoms with Gasteiger partial charge in [-0.05, 0) is 19.9 Å². The van der Waals surface area contributed by atoms with E-state index in [0.29, 0.717) is 19.0 Å². The average molecular weight is 211 g/mol. The molecule has 0 saturated carbocycles. The Morgan fingerprint density at radius 2 is 1.80 bits per heavy atom. The van der Waals surface area contributed by atoms with Gasteiger partial charge in [-0.2, -0.15) is 0 Å². The van der Waals surface area contributed by atoms with Gasteiger partial charge in [0.05, 0.1) is 0 Å². The smallest absolute Gasteiger partial charge is 0.197 e. The van der Waals surface area contributed by atoms with Gasteiger partial charge in [0, 0.05) is 11.1 Å². The topological polar surface area (TPSA) is 44.5 Å². The van der Waals surface area contributed by atoms with Crippen molar-refractivity contribution in [3.63, 3.8) is 0 Å². The molecule has 0 saturated heterocycles. The van der Waals surface area contributed by atoms with E-state index in [2.05, 4.69) is 0 Å². The van der Waals surface area contributed by atoms with Crippen LogP contribution in [0.15, 0.2) is 12.1 Å². The molecule has 3 nitrogen and oxygen atoms in total. The summed E-state index contributed by atoms with van der Waals surface area (Å²) in [6, 6.07) is 3.00. The van der Waals surface area contributed by atoms with E-state index in [1.165, 1.54) is 6.07 Å². The van der Waals surface area contributed by atoms with Crippen molar-refractivity contribution in [1.29, 1.82) is 0 Å². The number of hydrogen-bond acceptors (Lipinski definition) is 3. The molecule has 0 unspecified atom stereocenters. The van der Waals surface area contributed by atoms with Gasteiger partial charge in [0.25, 0.3) is 0 Å². The van der Waals surface area contributed by atoms with Gasteiger partial charge in [-0.15, -0.1) is 0 Å². The standard InChI is InChI=1S/C11H14FNO2/c1-11(2,13)7-3-4-8(12)10-9(7)14-5-6-15-10/h3-4H,5-6,13H2,1-2H3. The Kier molecular flexibility index (Phi) is 2.31. The Hall–Kier alpha value is -1.29. The minimum Gasteiger partial charge on any atom is -0.486 e. The van der Waals surface area contributed by atoms with Crippen LogP contribution in [0.3, 0.4) is 0 Å². The molecule has 0 aromatic heterocycles. The predicted octanol–water partition coefficient (Wildman–Crippen LogP) is 1.79. The lowest BCUT2D eigenvalue weighted by molar-refractivity contribution is 0.160. The van der Waals surface area contributed by atoms with Gasteiger partial charge < -0.3 is 15.2 Å². The highest BCUT2D eigenvalue weighted by molar-refractivity contribution is 5.51. The Bertz CT molecular complexity index is 385. The van der Waals surface area contributed by atoms with Crippen LogP contribution in [0.5, 0.6) is 11.5 Å². The molecule has 1 heterocycles. The molecule has 0 bridgehead atoms. The zero-order valence-corrected chi connectivity index (χ0v) is 8.84. The molecule has 1 aromatic rings. The number of nitrogens with two attached hydrogens (primary N) is 1. The van der Waals surface area contributed by atoms with Crippen LogP contribution >= 0.6 is 0 Å². The van der Waals surface area contributed by atoms with E-state index in [4.69, 9.17) is 15.2 Å². The second-order valence-corrected chi connectivity index (χ2v) is 4.17. The monoisotopic (exact) mass is 211 g/mol. The third kappa shape index (κ3) is 1.77. The summed E-state index contributed by atoms with van der Waals surface area (Å²) in [6.45, 7) is 4.49. The SMILES string of the molecule is CC(C)(N)c1ccc(F)c2c1OCCO2. The summed E-state index contributed by atoms with van der Waals surface area (Å²) in [4.78, 5) is 0. The van der Waals surface area contributed by atoms with Gasteiger partial charge in [-0.3, -0.25) is 0 Å². The molecule has 4 heteroatoms. The molecule has 2 rings (SSSR count). The zero-order chi connectivity index (χ0) is 11.1. The van der Waals surface area contributed by atoms with Crippen molar-refractivity contribution in [3.8, 4) is 11.5 Å². The number of ether oxygens (including phenoxy) is 2. The number of hydrogen-bond donors (Lipinski definition) is 1. The van der Waals surface area contributed by atoms with Gasteiger partial charge in [0.2, 0.25) is 0 Å². The molecule has 1 aliphatic heterocycles. The van der Waals surface area contributed by atoms with E-state index in [1.54, 1.807) is 6.07 Å². The highest BCUT2D eigenvalue weighted by Crippen LogP contribution is 2.40. The van der Waals surface area contributed by atoms with Gasteiger partial charge in [-0.25, -0.2) is 4.39 Å². The fraction of sp³-hybridized carbons (Fsp3) is 0.455. The van der Waals surface area contributed by atoms with E-state index < -0.39 is 11.4 Å². The average Bonchev–Trinajstić information content (AvgIpc) is 2.17. The lowest BCUT2D eigenvalue weighted by Crippen LogP contribution is -2.31. The third-order valence-electron chi connectivity index (χ3n) is 2.33. The maximum atomic E-state index is 13.4. The van der Waals surface area contributed by atoms with Crippen LogP contribution in [0, 0.1) is 5.82 Å². The van der Waals surface area contributed by atoms with Gasteiger partial charge >= 0.3 is 0 Å². The molecule has 0 amide bonds. The number of fused-ring (bicyclic) bond motifs is 1. The molecular formula is C11H14FNO2. The summed E-state index contributed by atoms with van der Waals surface area (Å²) in [5.74, 6) is 0.212. The molecule has 15 heavy (non-hydrogen) atoms. The van der Waals surface area contributed by atoms with Crippen molar-refractivity contribution < 1.29 is 13.9 Å². The van der Waals surface area contributed by atoms with E-state index >= 15 is 0 Å². The van der Waals surface area contributed by atoms with Crippen molar-refractivity contribution in [2.24, 2.45) is 5.73 Å². The molecule has 0 radical (unpaired) electrons. The number of halogens is 1. The van der Waals surface area contributed by atoms with E-state index in [-0.39, 0.29) is 5.75 Å². The van der Waals surface area contributed by atoms with Crippen LogP contribution in [0.1, 0.15) is 19.4 Å². The quantitative estimate of drug-likeness (QED) is 0.770. The van der Waals surface area contributed by atoms with Crippen molar-refractivity contribution in [1.82, 2.24) is 0 Å². The summed E-state index contributed by atoms with van der Waals surface area (Å²) in [7, 11) is 0. The van der Waals surface area contributed by atoms with Crippen LogP contribution in [-0.4, -0.2) is 13.2 Å². The van der Waals surface area contributed by atoms with E-state index in [0.717, 1.165) is 5.56 Å². The normalized spacial score (nSPS) is 15.2. The lowest BCUT2D eigenvalue weighted by atomic mass is 9.94. The Labute approximate surface area is 88.0 Å². The molecule has 1 aliphatic rings. The van der Waals surface area contributed by atoms with Crippen LogP contribution in [0.25, 0.3) is 0 Å². The summed E-state index contributed by atoms with van der Waals surface area (Å²) in [6.07, 6.45) is 0. The number of benzene rings is 1. The first-order valence-electron chi connectivity index (χ1n) is 4.87. The van der Waals surface area contributed by atoms with Crippen LogP contribution < -0.4 is 15.2 Å². The third-order valence-corrected chi connectivity index (χ3v) is 2.33. The van der Waals surface area contributed by atoms with Crippen LogP contribution in [0.2, 0.25) is 0 Å². The first-order valence-corrected chi connectivity index (χ1v) is 4.87. The second kappa shape index (κ2) is 3.38. The summed E-state index contributed by atoms with van der Waals surface area (Å²) >= 11 is 0. The highest BCUT2D eigenvalue weighted by atomic mass is 19.1. The Morgan fingerprint density at radius 1 is 1.20 bits per heavy atom. The second-order valence-electron chi connectivity index (χ2n) is 4.17. The van der Waals surface area contributed by atoms with Gasteiger partial charge in [0.1, 0.15) is 13.2 Å². The largest absolute Gasteiger partial charge is 0.486 e. The van der Waals surface area contributed by atoms with Crippen LogP contribution in [-0.2, 0) is 5.54 Å². The zero-order valence-electron chi connectivity index (χ0n) is 8.84. The maximum absolute atomic E-state index is 13.4. The maximum Gasteiger partial charge on any atom is 0.197 e. The van der Waals surface area contributed by atoms with E-state index in [9.17, 15) is 4.39 Å². The van der Waals surface area contributed by atoms with Crippen molar-refractivity contribution in [2.75, 3.05) is 13.2 Å². The number of rotatable bonds is 1. The molecule has 0 atom stereocenters. The summed E-state index contributed by atoms with van der Waals surface area (Å²) < 4.78 is 24.0. The molecule has 0 aliphatic carbocycles. The Morgan fingerprint density at radius 3 is 2.40 bits per heavy atom. The molecular weight excluding hydrogens is 197 g/mol. The van der Waals surface area contributed by atoms with E-state index in [1.807, 2.05) is 13.8 Å². The molecule has 0 fully saturated rings. The van der Waals surface area contributed by atoms with Gasteiger partial charge in [-0.1, -0.05) is 6.07 Å². The molecule has 2 N–H and O–H groups in total. The Balaban J connectivity index is 2.58. The molecule has 82 valence electrons. The highest BCUT2D eigenvalue weighted by Gasteiger charge is 2.27. The first kappa shape index (κ1) is 10.2. The summed E-state index contributed by atoms with van der Waals surface area (Å²) in [5.41, 5.74) is 6.16. The predicted molar refractivity (Wildman–Crippen MR) is 54.6 cm³/mol.